The molecule has 2 amide bonds. The second-order valence-electron chi connectivity index (χ2n) is 7.35. The Hall–Kier alpha value is -2.73. The lowest BCUT2D eigenvalue weighted by Crippen LogP contribution is -2.42. The van der Waals surface area contributed by atoms with Crippen molar-refractivity contribution in [2.45, 2.75) is 12.8 Å². The summed E-state index contributed by atoms with van der Waals surface area (Å²) in [6, 6.07) is 13.7. The fourth-order valence-corrected chi connectivity index (χ4v) is 4.45. The lowest BCUT2D eigenvalue weighted by atomic mass is 9.94. The zero-order valence-electron chi connectivity index (χ0n) is 16.1. The van der Waals surface area contributed by atoms with E-state index < -0.39 is 0 Å². The molecule has 0 spiro atoms. The molecule has 1 saturated heterocycles. The SMILES string of the molecule is CN(C)C(=O)C1CCN(C(=O)c2cc(-c3cccs3)nc3ccccc23)CC1. The topological polar surface area (TPSA) is 53.5 Å². The minimum absolute atomic E-state index is 0.00918. The number of carbonyl (C=O) groups excluding carboxylic acids is 2. The molecule has 3 heterocycles. The first-order chi connectivity index (χ1) is 13.5. The summed E-state index contributed by atoms with van der Waals surface area (Å²) in [5.74, 6) is 0.184. The molecule has 0 radical (unpaired) electrons. The second-order valence-corrected chi connectivity index (χ2v) is 8.30. The highest BCUT2D eigenvalue weighted by molar-refractivity contribution is 7.13. The number of amides is 2. The van der Waals surface area contributed by atoms with Crippen LogP contribution < -0.4 is 0 Å². The van der Waals surface area contributed by atoms with E-state index in [0.717, 1.165) is 21.5 Å². The van der Waals surface area contributed by atoms with E-state index in [1.165, 1.54) is 0 Å². The van der Waals surface area contributed by atoms with Crippen LogP contribution in [0.4, 0.5) is 0 Å². The Balaban J connectivity index is 1.63. The summed E-state index contributed by atoms with van der Waals surface area (Å²) in [5.41, 5.74) is 2.34. The summed E-state index contributed by atoms with van der Waals surface area (Å²) in [7, 11) is 3.57. The van der Waals surface area contributed by atoms with Crippen molar-refractivity contribution in [2.75, 3.05) is 27.2 Å². The Morgan fingerprint density at radius 1 is 1.11 bits per heavy atom. The van der Waals surface area contributed by atoms with Gasteiger partial charge in [-0.15, -0.1) is 11.3 Å². The van der Waals surface area contributed by atoms with Crippen molar-refractivity contribution in [3.8, 4) is 10.6 Å². The third-order valence-corrected chi connectivity index (χ3v) is 6.18. The lowest BCUT2D eigenvalue weighted by Gasteiger charge is -2.32. The van der Waals surface area contributed by atoms with Crippen LogP contribution >= 0.6 is 11.3 Å². The predicted molar refractivity (Wildman–Crippen MR) is 112 cm³/mol. The smallest absolute Gasteiger partial charge is 0.254 e. The Morgan fingerprint density at radius 3 is 2.54 bits per heavy atom. The van der Waals surface area contributed by atoms with E-state index in [1.54, 1.807) is 30.3 Å². The monoisotopic (exact) mass is 393 g/mol. The number of rotatable bonds is 3. The van der Waals surface area contributed by atoms with Crippen LogP contribution in [0, 0.1) is 5.92 Å². The van der Waals surface area contributed by atoms with Crippen molar-refractivity contribution in [1.82, 2.24) is 14.8 Å². The van der Waals surface area contributed by atoms with Crippen molar-refractivity contribution < 1.29 is 9.59 Å². The molecule has 6 heteroatoms. The molecule has 4 rings (SSSR count). The maximum atomic E-state index is 13.4. The van der Waals surface area contributed by atoms with Gasteiger partial charge in [-0.2, -0.15) is 0 Å². The summed E-state index contributed by atoms with van der Waals surface area (Å²) < 4.78 is 0. The third kappa shape index (κ3) is 3.52. The number of benzene rings is 1. The van der Waals surface area contributed by atoms with E-state index in [4.69, 9.17) is 4.98 Å². The molecule has 1 aliphatic rings. The van der Waals surface area contributed by atoms with Crippen LogP contribution in [0.2, 0.25) is 0 Å². The van der Waals surface area contributed by atoms with Crippen LogP contribution in [0.25, 0.3) is 21.5 Å². The second kappa shape index (κ2) is 7.72. The number of thiophene rings is 1. The van der Waals surface area contributed by atoms with E-state index in [0.29, 0.717) is 31.5 Å². The number of likely N-dealkylation sites (tertiary alicyclic amines) is 1. The van der Waals surface area contributed by atoms with E-state index in [2.05, 4.69) is 0 Å². The molecule has 1 aliphatic heterocycles. The number of pyridine rings is 1. The summed E-state index contributed by atoms with van der Waals surface area (Å²) >= 11 is 1.62. The highest BCUT2D eigenvalue weighted by atomic mass is 32.1. The molecule has 1 aromatic carbocycles. The number of piperidine rings is 1. The maximum absolute atomic E-state index is 13.4. The summed E-state index contributed by atoms with van der Waals surface area (Å²) in [5, 5.41) is 2.89. The van der Waals surface area contributed by atoms with Gasteiger partial charge in [0.1, 0.15) is 0 Å². The van der Waals surface area contributed by atoms with E-state index >= 15 is 0 Å². The van der Waals surface area contributed by atoms with Gasteiger partial charge in [0.25, 0.3) is 5.91 Å². The fraction of sp³-hybridized carbons (Fsp3) is 0.318. The molecule has 1 fully saturated rings. The van der Waals surface area contributed by atoms with Crippen LogP contribution in [0.15, 0.2) is 47.8 Å². The molecule has 0 N–H and O–H groups in total. The zero-order valence-corrected chi connectivity index (χ0v) is 16.9. The predicted octanol–water partition coefficient (Wildman–Crippen LogP) is 3.90. The molecular formula is C22H23N3O2S. The highest BCUT2D eigenvalue weighted by Gasteiger charge is 2.29. The minimum Gasteiger partial charge on any atom is -0.349 e. The highest BCUT2D eigenvalue weighted by Crippen LogP contribution is 2.29. The Kier molecular flexibility index (Phi) is 5.13. The van der Waals surface area contributed by atoms with Gasteiger partial charge in [0.05, 0.1) is 21.7 Å². The molecule has 2 aromatic heterocycles. The number of aromatic nitrogens is 1. The van der Waals surface area contributed by atoms with E-state index in [9.17, 15) is 9.59 Å². The maximum Gasteiger partial charge on any atom is 0.254 e. The number of fused-ring (bicyclic) bond motifs is 1. The van der Waals surface area contributed by atoms with Gasteiger partial charge in [-0.1, -0.05) is 24.3 Å². The van der Waals surface area contributed by atoms with Gasteiger partial charge < -0.3 is 9.80 Å². The van der Waals surface area contributed by atoms with Gasteiger partial charge >= 0.3 is 0 Å². The van der Waals surface area contributed by atoms with Crippen molar-refractivity contribution >= 4 is 34.1 Å². The first-order valence-electron chi connectivity index (χ1n) is 9.48. The molecule has 0 bridgehead atoms. The van der Waals surface area contributed by atoms with Gasteiger partial charge in [0.15, 0.2) is 0 Å². The van der Waals surface area contributed by atoms with Gasteiger partial charge in [0.2, 0.25) is 5.91 Å². The van der Waals surface area contributed by atoms with Gasteiger partial charge in [-0.25, -0.2) is 4.98 Å². The van der Waals surface area contributed by atoms with Crippen LogP contribution in [-0.4, -0.2) is 53.8 Å². The average molecular weight is 394 g/mol. The van der Waals surface area contributed by atoms with Crippen LogP contribution in [0.3, 0.4) is 0 Å². The summed E-state index contributed by atoms with van der Waals surface area (Å²) in [6.07, 6.45) is 1.42. The normalized spacial score (nSPS) is 15.0. The average Bonchev–Trinajstić information content (AvgIpc) is 3.27. The fourth-order valence-electron chi connectivity index (χ4n) is 3.77. The summed E-state index contributed by atoms with van der Waals surface area (Å²) in [4.78, 5) is 34.9. The molecule has 0 aliphatic carbocycles. The summed E-state index contributed by atoms with van der Waals surface area (Å²) in [6.45, 7) is 1.21. The van der Waals surface area contributed by atoms with Crippen LogP contribution in [0.5, 0.6) is 0 Å². The molecule has 3 aromatic rings. The van der Waals surface area contributed by atoms with E-state index in [1.807, 2.05) is 52.7 Å². The quantitative estimate of drug-likeness (QED) is 0.678. The first kappa shape index (κ1) is 18.6. The molecule has 0 atom stereocenters. The number of nitrogens with zero attached hydrogens (tertiary/aromatic N) is 3. The van der Waals surface area contributed by atoms with Gasteiger partial charge in [0, 0.05) is 38.5 Å². The third-order valence-electron chi connectivity index (χ3n) is 5.29. The Bertz CT molecular complexity index is 1010. The molecule has 28 heavy (non-hydrogen) atoms. The van der Waals surface area contributed by atoms with Crippen molar-refractivity contribution in [3.05, 3.63) is 53.4 Å². The Morgan fingerprint density at radius 2 is 1.86 bits per heavy atom. The van der Waals surface area contributed by atoms with Gasteiger partial charge in [-0.05, 0) is 36.4 Å². The molecule has 0 unspecified atom stereocenters. The minimum atomic E-state index is 0.00918. The lowest BCUT2D eigenvalue weighted by molar-refractivity contribution is -0.134. The van der Waals surface area contributed by atoms with Crippen LogP contribution in [0.1, 0.15) is 23.2 Å². The molecular weight excluding hydrogens is 370 g/mol. The zero-order chi connectivity index (χ0) is 19.7. The van der Waals surface area contributed by atoms with Crippen LogP contribution in [-0.2, 0) is 4.79 Å². The number of para-hydroxylation sites is 1. The van der Waals surface area contributed by atoms with E-state index in [-0.39, 0.29) is 17.7 Å². The molecule has 144 valence electrons. The molecule has 5 nitrogen and oxygen atoms in total. The molecule has 0 saturated carbocycles. The standard InChI is InChI=1S/C22H23N3O2S/c1-24(2)21(26)15-9-11-25(12-10-15)22(27)17-14-19(20-8-5-13-28-20)23-18-7-4-3-6-16(17)18/h3-8,13-15H,9-12H2,1-2H3. The number of carbonyl (C=O) groups is 2. The number of hydrogen-bond acceptors (Lipinski definition) is 4. The van der Waals surface area contributed by atoms with Crippen molar-refractivity contribution in [2.24, 2.45) is 5.92 Å². The Labute approximate surface area is 168 Å². The van der Waals surface area contributed by atoms with Crippen molar-refractivity contribution in [3.63, 3.8) is 0 Å². The largest absolute Gasteiger partial charge is 0.349 e. The number of hydrogen-bond donors (Lipinski definition) is 0. The van der Waals surface area contributed by atoms with Crippen molar-refractivity contribution in [1.29, 1.82) is 0 Å². The van der Waals surface area contributed by atoms with Gasteiger partial charge in [-0.3, -0.25) is 9.59 Å². The first-order valence-corrected chi connectivity index (χ1v) is 10.4.